The molecule has 0 amide bonds. The van der Waals surface area contributed by atoms with Gasteiger partial charge < -0.3 is 9.47 Å². The predicted molar refractivity (Wildman–Crippen MR) is 88.5 cm³/mol. The lowest BCUT2D eigenvalue weighted by Gasteiger charge is -2.12. The van der Waals surface area contributed by atoms with Crippen LogP contribution in [-0.4, -0.2) is 12.8 Å². The number of carbonyl (C=O) groups is 1. The first-order chi connectivity index (χ1) is 10.7. The second-order valence-corrected chi connectivity index (χ2v) is 5.35. The van der Waals surface area contributed by atoms with Crippen LogP contribution in [0.15, 0.2) is 48.5 Å². The standard InChI is InChI=1S/C19H18O3/c1-3-10-21-19(20)22-18-16-7-5-4-6-14(16)12-15-9-8-13(2)11-17(15)18/h4-9,11-12H,3,10H2,1-2H3. The lowest BCUT2D eigenvalue weighted by molar-refractivity contribution is 0.100. The molecule has 0 aliphatic rings. The van der Waals surface area contributed by atoms with Gasteiger partial charge in [-0.15, -0.1) is 0 Å². The van der Waals surface area contributed by atoms with E-state index in [1.807, 2.05) is 50.2 Å². The fraction of sp³-hybridized carbons (Fsp3) is 0.211. The second-order valence-electron chi connectivity index (χ2n) is 5.35. The largest absolute Gasteiger partial charge is 0.513 e. The number of ether oxygens (including phenoxy) is 2. The summed E-state index contributed by atoms with van der Waals surface area (Å²) < 4.78 is 10.6. The molecule has 0 aliphatic heterocycles. The summed E-state index contributed by atoms with van der Waals surface area (Å²) in [4.78, 5) is 11.9. The first-order valence-corrected chi connectivity index (χ1v) is 7.46. The zero-order valence-electron chi connectivity index (χ0n) is 12.8. The highest BCUT2D eigenvalue weighted by Gasteiger charge is 2.13. The topological polar surface area (TPSA) is 35.5 Å². The molecule has 0 aliphatic carbocycles. The van der Waals surface area contributed by atoms with E-state index >= 15 is 0 Å². The molecule has 0 N–H and O–H groups in total. The van der Waals surface area contributed by atoms with Crippen LogP contribution in [0.5, 0.6) is 5.75 Å². The minimum atomic E-state index is -0.652. The van der Waals surface area contributed by atoms with E-state index in [9.17, 15) is 4.79 Å². The molecular formula is C19H18O3. The molecule has 3 nitrogen and oxygen atoms in total. The van der Waals surface area contributed by atoms with Crippen LogP contribution in [0.2, 0.25) is 0 Å². The van der Waals surface area contributed by atoms with Gasteiger partial charge in [0.25, 0.3) is 0 Å². The highest BCUT2D eigenvalue weighted by Crippen LogP contribution is 2.35. The molecule has 3 heteroatoms. The Morgan fingerprint density at radius 3 is 2.59 bits per heavy atom. The Morgan fingerprint density at radius 2 is 1.77 bits per heavy atom. The van der Waals surface area contributed by atoms with E-state index in [4.69, 9.17) is 9.47 Å². The van der Waals surface area contributed by atoms with Gasteiger partial charge in [-0.25, -0.2) is 4.79 Å². The van der Waals surface area contributed by atoms with E-state index in [1.165, 1.54) is 0 Å². The van der Waals surface area contributed by atoms with Crippen LogP contribution >= 0.6 is 0 Å². The molecule has 112 valence electrons. The average Bonchev–Trinajstić information content (AvgIpc) is 2.53. The molecule has 0 heterocycles. The molecule has 0 radical (unpaired) electrons. The Balaban J connectivity index is 2.17. The molecule has 0 saturated heterocycles. The quantitative estimate of drug-likeness (QED) is 0.377. The number of fused-ring (bicyclic) bond motifs is 2. The highest BCUT2D eigenvalue weighted by molar-refractivity contribution is 6.06. The van der Waals surface area contributed by atoms with Crippen molar-refractivity contribution in [2.45, 2.75) is 20.3 Å². The molecule has 0 atom stereocenters. The number of carbonyl (C=O) groups excluding carboxylic acids is 1. The molecule has 0 bridgehead atoms. The van der Waals surface area contributed by atoms with Crippen molar-refractivity contribution >= 4 is 27.7 Å². The van der Waals surface area contributed by atoms with E-state index in [0.717, 1.165) is 33.5 Å². The van der Waals surface area contributed by atoms with Crippen molar-refractivity contribution in [3.8, 4) is 5.75 Å². The second kappa shape index (κ2) is 6.06. The van der Waals surface area contributed by atoms with Crippen LogP contribution < -0.4 is 4.74 Å². The molecule has 0 saturated carbocycles. The fourth-order valence-electron chi connectivity index (χ4n) is 2.54. The smallest absolute Gasteiger partial charge is 0.434 e. The monoisotopic (exact) mass is 294 g/mol. The average molecular weight is 294 g/mol. The van der Waals surface area contributed by atoms with Crippen molar-refractivity contribution in [2.24, 2.45) is 0 Å². The maximum atomic E-state index is 11.9. The Hall–Kier alpha value is -2.55. The third-order valence-electron chi connectivity index (χ3n) is 3.58. The van der Waals surface area contributed by atoms with E-state index in [0.29, 0.717) is 12.4 Å². The summed E-state index contributed by atoms with van der Waals surface area (Å²) in [6.07, 6.45) is 0.117. The lowest BCUT2D eigenvalue weighted by Crippen LogP contribution is -2.11. The molecule has 0 fully saturated rings. The zero-order valence-corrected chi connectivity index (χ0v) is 12.8. The molecule has 3 aromatic rings. The molecule has 0 aromatic heterocycles. The normalized spacial score (nSPS) is 10.8. The Labute approximate surface area is 129 Å². The van der Waals surface area contributed by atoms with Gasteiger partial charge in [-0.3, -0.25) is 0 Å². The van der Waals surface area contributed by atoms with Gasteiger partial charge in [0.15, 0.2) is 0 Å². The predicted octanol–water partition coefficient (Wildman–Crippen LogP) is 5.23. The maximum Gasteiger partial charge on any atom is 0.513 e. The van der Waals surface area contributed by atoms with E-state index < -0.39 is 6.16 Å². The third-order valence-corrected chi connectivity index (χ3v) is 3.58. The minimum absolute atomic E-state index is 0.362. The molecule has 0 unspecified atom stereocenters. The van der Waals surface area contributed by atoms with Crippen molar-refractivity contribution in [2.75, 3.05) is 6.61 Å². The van der Waals surface area contributed by atoms with Gasteiger partial charge in [-0.2, -0.15) is 0 Å². The van der Waals surface area contributed by atoms with Gasteiger partial charge in [-0.05, 0) is 36.2 Å². The van der Waals surface area contributed by atoms with Crippen molar-refractivity contribution in [3.05, 3.63) is 54.1 Å². The summed E-state index contributed by atoms with van der Waals surface area (Å²) in [5.74, 6) is 0.568. The van der Waals surface area contributed by atoms with Crippen LogP contribution in [0, 0.1) is 6.92 Å². The van der Waals surface area contributed by atoms with Gasteiger partial charge >= 0.3 is 6.16 Å². The summed E-state index contributed by atoms with van der Waals surface area (Å²) in [5, 5.41) is 3.92. The van der Waals surface area contributed by atoms with Crippen LogP contribution in [0.25, 0.3) is 21.5 Å². The van der Waals surface area contributed by atoms with Crippen LogP contribution in [-0.2, 0) is 4.74 Å². The number of rotatable bonds is 3. The molecule has 3 rings (SSSR count). The summed E-state index contributed by atoms with van der Waals surface area (Å²) >= 11 is 0. The first-order valence-electron chi connectivity index (χ1n) is 7.46. The van der Waals surface area contributed by atoms with Crippen LogP contribution in [0.1, 0.15) is 18.9 Å². The van der Waals surface area contributed by atoms with E-state index in [1.54, 1.807) is 0 Å². The third kappa shape index (κ3) is 2.75. The lowest BCUT2D eigenvalue weighted by atomic mass is 10.0. The van der Waals surface area contributed by atoms with Crippen molar-refractivity contribution in [3.63, 3.8) is 0 Å². The van der Waals surface area contributed by atoms with Crippen LogP contribution in [0.3, 0.4) is 0 Å². The van der Waals surface area contributed by atoms with E-state index in [2.05, 4.69) is 12.1 Å². The minimum Gasteiger partial charge on any atom is -0.434 e. The van der Waals surface area contributed by atoms with Crippen LogP contribution in [0.4, 0.5) is 4.79 Å². The number of hydrogen-bond donors (Lipinski definition) is 0. The molecule has 0 spiro atoms. The maximum absolute atomic E-state index is 11.9. The number of benzene rings is 3. The Kier molecular flexibility index (Phi) is 3.96. The van der Waals surface area contributed by atoms with Gasteiger partial charge in [0, 0.05) is 10.8 Å². The van der Waals surface area contributed by atoms with Gasteiger partial charge in [-0.1, -0.05) is 48.9 Å². The summed E-state index contributed by atoms with van der Waals surface area (Å²) in [6, 6.07) is 16.1. The molecule has 22 heavy (non-hydrogen) atoms. The number of aryl methyl sites for hydroxylation is 1. The van der Waals surface area contributed by atoms with Crippen molar-refractivity contribution in [1.29, 1.82) is 0 Å². The summed E-state index contributed by atoms with van der Waals surface area (Å²) in [6.45, 7) is 4.33. The fourth-order valence-corrected chi connectivity index (χ4v) is 2.54. The van der Waals surface area contributed by atoms with Crippen molar-refractivity contribution < 1.29 is 14.3 Å². The van der Waals surface area contributed by atoms with E-state index in [-0.39, 0.29) is 0 Å². The van der Waals surface area contributed by atoms with Gasteiger partial charge in [0.2, 0.25) is 0 Å². The summed E-state index contributed by atoms with van der Waals surface area (Å²) in [7, 11) is 0. The zero-order chi connectivity index (χ0) is 15.5. The summed E-state index contributed by atoms with van der Waals surface area (Å²) in [5.41, 5.74) is 1.12. The Morgan fingerprint density at radius 1 is 1.00 bits per heavy atom. The van der Waals surface area contributed by atoms with Crippen molar-refractivity contribution in [1.82, 2.24) is 0 Å². The first kappa shape index (κ1) is 14.4. The molecule has 3 aromatic carbocycles. The van der Waals surface area contributed by atoms with Gasteiger partial charge in [0.05, 0.1) is 6.61 Å². The van der Waals surface area contributed by atoms with Gasteiger partial charge in [0.1, 0.15) is 5.75 Å². The number of hydrogen-bond acceptors (Lipinski definition) is 3. The Bertz CT molecular complexity index is 837. The highest BCUT2D eigenvalue weighted by atomic mass is 16.7. The molecular weight excluding hydrogens is 276 g/mol. The SMILES string of the molecule is CCCOC(=O)Oc1c2ccccc2cc2ccc(C)cc12.